The number of ether oxygens (including phenoxy) is 2. The van der Waals surface area contributed by atoms with Crippen molar-refractivity contribution in [2.24, 2.45) is 11.8 Å². The second-order valence-electron chi connectivity index (χ2n) is 9.02. The largest absolute Gasteiger partial charge is 0.472 e. The maximum absolute atomic E-state index is 13.3. The molecule has 7 heteroatoms. The summed E-state index contributed by atoms with van der Waals surface area (Å²) in [7, 11) is 2.13. The van der Waals surface area contributed by atoms with Gasteiger partial charge in [-0.3, -0.25) is 4.79 Å². The first kappa shape index (κ1) is 23.7. The van der Waals surface area contributed by atoms with Gasteiger partial charge in [-0.05, 0) is 51.3 Å². The lowest BCUT2D eigenvalue weighted by atomic mass is 9.97. The zero-order valence-electron chi connectivity index (χ0n) is 19.3. The maximum Gasteiger partial charge on any atom is 0.259 e. The molecule has 7 nitrogen and oxygen atoms in total. The van der Waals surface area contributed by atoms with Gasteiger partial charge < -0.3 is 24.4 Å². The third-order valence-corrected chi connectivity index (χ3v) is 6.30. The molecule has 1 fully saturated rings. The van der Waals surface area contributed by atoms with Crippen molar-refractivity contribution >= 4 is 12.0 Å². The Hall–Kier alpha value is -1.96. The van der Waals surface area contributed by atoms with Crippen LogP contribution in [-0.4, -0.2) is 84.4 Å². The standard InChI is InChI=1S/C24H37N3O4/c1-5-6-20-11-21-23(25-12-20)31-22(15-26(4)14-19-7-9-30-10-8-19)17(2)13-27(24(21)29)18(3)16-28/h5-6,11-12,17-19,22,28H,7-10,13-16H2,1-4H3/b6-5+/t17-,18-,22-/m1/s1. The van der Waals surface area contributed by atoms with Gasteiger partial charge in [-0.25, -0.2) is 4.98 Å². The predicted octanol–water partition coefficient (Wildman–Crippen LogP) is 2.69. The van der Waals surface area contributed by atoms with Crippen molar-refractivity contribution in [3.8, 4) is 5.88 Å². The summed E-state index contributed by atoms with van der Waals surface area (Å²) in [6, 6.07) is 1.56. The second-order valence-corrected chi connectivity index (χ2v) is 9.02. The zero-order valence-corrected chi connectivity index (χ0v) is 19.3. The van der Waals surface area contributed by atoms with E-state index in [4.69, 9.17) is 9.47 Å². The molecule has 1 amide bonds. The number of allylic oxidation sites excluding steroid dienone is 1. The predicted molar refractivity (Wildman–Crippen MR) is 121 cm³/mol. The first-order valence-electron chi connectivity index (χ1n) is 11.4. The van der Waals surface area contributed by atoms with Crippen molar-refractivity contribution < 1.29 is 19.4 Å². The van der Waals surface area contributed by atoms with Crippen molar-refractivity contribution in [1.82, 2.24) is 14.8 Å². The Kier molecular flexibility index (Phi) is 8.46. The highest BCUT2D eigenvalue weighted by Crippen LogP contribution is 2.28. The van der Waals surface area contributed by atoms with Crippen LogP contribution in [0.15, 0.2) is 18.3 Å². The van der Waals surface area contributed by atoms with E-state index in [1.165, 1.54) is 0 Å². The Balaban J connectivity index is 1.84. The monoisotopic (exact) mass is 431 g/mol. The molecule has 0 unspecified atom stereocenters. The van der Waals surface area contributed by atoms with Crippen LogP contribution >= 0.6 is 0 Å². The van der Waals surface area contributed by atoms with Crippen LogP contribution in [-0.2, 0) is 4.74 Å². The van der Waals surface area contributed by atoms with Crippen molar-refractivity contribution in [3.05, 3.63) is 29.5 Å². The number of aromatic nitrogens is 1. The molecular weight excluding hydrogens is 394 g/mol. The molecule has 3 rings (SSSR count). The molecule has 0 aliphatic carbocycles. The van der Waals surface area contributed by atoms with Gasteiger partial charge in [0, 0.05) is 45.0 Å². The first-order valence-corrected chi connectivity index (χ1v) is 11.4. The molecule has 31 heavy (non-hydrogen) atoms. The Labute approximate surface area is 186 Å². The summed E-state index contributed by atoms with van der Waals surface area (Å²) in [6.45, 7) is 9.82. The number of likely N-dealkylation sites (N-methyl/N-ethyl adjacent to an activating group) is 1. The molecule has 0 radical (unpaired) electrons. The lowest BCUT2D eigenvalue weighted by Gasteiger charge is -2.38. The number of carbonyl (C=O) groups is 1. The van der Waals surface area contributed by atoms with Gasteiger partial charge in [-0.1, -0.05) is 19.1 Å². The van der Waals surface area contributed by atoms with E-state index in [1.807, 2.05) is 32.1 Å². The summed E-state index contributed by atoms with van der Waals surface area (Å²) >= 11 is 0. The van der Waals surface area contributed by atoms with Gasteiger partial charge in [0.05, 0.1) is 12.6 Å². The van der Waals surface area contributed by atoms with E-state index >= 15 is 0 Å². The average Bonchev–Trinajstić information content (AvgIpc) is 2.77. The van der Waals surface area contributed by atoms with Gasteiger partial charge in [0.2, 0.25) is 5.88 Å². The SMILES string of the molecule is C/C=C/c1cnc2c(c1)C(=O)N([C@H](C)CO)C[C@@H](C)[C@@H](CN(C)CC1CCOCC1)O2. The number of carbonyl (C=O) groups excluding carboxylic acids is 1. The number of fused-ring (bicyclic) bond motifs is 1. The maximum atomic E-state index is 13.3. The summed E-state index contributed by atoms with van der Waals surface area (Å²) < 4.78 is 11.8. The molecule has 3 atom stereocenters. The molecule has 1 aromatic rings. The van der Waals surface area contributed by atoms with Crippen LogP contribution in [0, 0.1) is 11.8 Å². The third kappa shape index (κ3) is 6.05. The van der Waals surface area contributed by atoms with Crippen LogP contribution in [0.3, 0.4) is 0 Å². The fourth-order valence-corrected chi connectivity index (χ4v) is 4.37. The minimum Gasteiger partial charge on any atom is -0.472 e. The molecule has 172 valence electrons. The molecule has 1 aromatic heterocycles. The highest BCUT2D eigenvalue weighted by atomic mass is 16.5. The molecule has 2 aliphatic rings. The smallest absolute Gasteiger partial charge is 0.259 e. The number of hydrogen-bond acceptors (Lipinski definition) is 6. The summed E-state index contributed by atoms with van der Waals surface area (Å²) in [6.07, 6.45) is 7.66. The molecule has 0 aromatic carbocycles. The van der Waals surface area contributed by atoms with Crippen molar-refractivity contribution in [2.45, 2.75) is 45.8 Å². The van der Waals surface area contributed by atoms with Crippen molar-refractivity contribution in [1.29, 1.82) is 0 Å². The highest BCUT2D eigenvalue weighted by molar-refractivity contribution is 5.97. The molecule has 3 heterocycles. The number of rotatable bonds is 7. The topological polar surface area (TPSA) is 75.1 Å². The molecule has 1 saturated heterocycles. The summed E-state index contributed by atoms with van der Waals surface area (Å²) in [5.41, 5.74) is 1.32. The fourth-order valence-electron chi connectivity index (χ4n) is 4.37. The number of aliphatic hydroxyl groups is 1. The van der Waals surface area contributed by atoms with Crippen LogP contribution < -0.4 is 4.74 Å². The zero-order chi connectivity index (χ0) is 22.4. The third-order valence-electron chi connectivity index (χ3n) is 6.30. The first-order chi connectivity index (χ1) is 14.9. The van der Waals surface area contributed by atoms with Crippen LogP contribution in [0.25, 0.3) is 6.08 Å². The summed E-state index contributed by atoms with van der Waals surface area (Å²) in [5, 5.41) is 9.76. The number of aliphatic hydroxyl groups excluding tert-OH is 1. The number of amides is 1. The van der Waals surface area contributed by atoms with Crippen molar-refractivity contribution in [2.75, 3.05) is 46.5 Å². The Morgan fingerprint density at radius 1 is 1.35 bits per heavy atom. The van der Waals surface area contributed by atoms with E-state index in [-0.39, 0.29) is 30.6 Å². The van der Waals surface area contributed by atoms with E-state index in [9.17, 15) is 9.90 Å². The van der Waals surface area contributed by atoms with Gasteiger partial charge in [0.1, 0.15) is 11.7 Å². The van der Waals surface area contributed by atoms with E-state index in [0.717, 1.165) is 44.7 Å². The Morgan fingerprint density at radius 2 is 2.10 bits per heavy atom. The van der Waals surface area contributed by atoms with Gasteiger partial charge >= 0.3 is 0 Å². The molecule has 0 saturated carbocycles. The van der Waals surface area contributed by atoms with Crippen LogP contribution in [0.5, 0.6) is 5.88 Å². The Morgan fingerprint density at radius 3 is 2.77 bits per heavy atom. The molecule has 0 bridgehead atoms. The Bertz CT molecular complexity index is 763. The number of nitrogens with zero attached hydrogens (tertiary/aromatic N) is 3. The second kappa shape index (κ2) is 11.1. The molecule has 0 spiro atoms. The minimum atomic E-state index is -0.271. The van der Waals surface area contributed by atoms with E-state index in [0.29, 0.717) is 23.9 Å². The number of pyridine rings is 1. The van der Waals surface area contributed by atoms with E-state index in [1.54, 1.807) is 11.1 Å². The minimum absolute atomic E-state index is 0.0784. The molecule has 1 N–H and O–H groups in total. The van der Waals surface area contributed by atoms with Crippen LogP contribution in [0.4, 0.5) is 0 Å². The van der Waals surface area contributed by atoms with E-state index in [2.05, 4.69) is 23.9 Å². The van der Waals surface area contributed by atoms with Gasteiger partial charge in [-0.15, -0.1) is 0 Å². The molecule has 2 aliphatic heterocycles. The van der Waals surface area contributed by atoms with Crippen molar-refractivity contribution in [3.63, 3.8) is 0 Å². The average molecular weight is 432 g/mol. The number of hydrogen-bond donors (Lipinski definition) is 1. The van der Waals surface area contributed by atoms with Crippen LogP contribution in [0.2, 0.25) is 0 Å². The van der Waals surface area contributed by atoms with E-state index < -0.39 is 0 Å². The van der Waals surface area contributed by atoms with Gasteiger partial charge in [0.25, 0.3) is 5.91 Å². The highest BCUT2D eigenvalue weighted by Gasteiger charge is 2.34. The fraction of sp³-hybridized carbons (Fsp3) is 0.667. The van der Waals surface area contributed by atoms with Crippen LogP contribution in [0.1, 0.15) is 49.5 Å². The summed E-state index contributed by atoms with van der Waals surface area (Å²) in [5.74, 6) is 0.977. The normalized spacial score (nSPS) is 24.1. The lowest BCUT2D eigenvalue weighted by Crippen LogP contribution is -2.50. The lowest BCUT2D eigenvalue weighted by molar-refractivity contribution is 0.0254. The van der Waals surface area contributed by atoms with Gasteiger partial charge in [-0.2, -0.15) is 0 Å². The molecular formula is C24H37N3O4. The summed E-state index contributed by atoms with van der Waals surface area (Å²) in [4.78, 5) is 21.9. The van der Waals surface area contributed by atoms with Gasteiger partial charge in [0.15, 0.2) is 0 Å². The quantitative estimate of drug-likeness (QED) is 0.716.